The van der Waals surface area contributed by atoms with Crippen LogP contribution in [0, 0.1) is 6.92 Å². The van der Waals surface area contributed by atoms with Crippen LogP contribution < -0.4 is 15.4 Å². The van der Waals surface area contributed by atoms with Crippen molar-refractivity contribution in [3.8, 4) is 5.88 Å². The van der Waals surface area contributed by atoms with Crippen LogP contribution in [0.3, 0.4) is 0 Å². The fourth-order valence-corrected chi connectivity index (χ4v) is 3.75. The number of nitrogens with zero attached hydrogens (tertiary/aromatic N) is 5. The average molecular weight is 532 g/mol. The monoisotopic (exact) mass is 531 g/mol. The summed E-state index contributed by atoms with van der Waals surface area (Å²) in [5.74, 6) is -0.188. The third-order valence-corrected chi connectivity index (χ3v) is 5.51. The van der Waals surface area contributed by atoms with Gasteiger partial charge in [0.1, 0.15) is 10.8 Å². The van der Waals surface area contributed by atoms with Crippen LogP contribution in [0.25, 0.3) is 0 Å². The van der Waals surface area contributed by atoms with Gasteiger partial charge in [0.15, 0.2) is 5.69 Å². The van der Waals surface area contributed by atoms with Gasteiger partial charge in [-0.15, -0.1) is 0 Å². The third kappa shape index (κ3) is 7.78. The molecule has 0 aliphatic carbocycles. The van der Waals surface area contributed by atoms with Gasteiger partial charge in [-0.3, -0.25) is 4.79 Å². The molecule has 15 heteroatoms. The lowest BCUT2D eigenvalue weighted by Crippen LogP contribution is -2.26. The minimum absolute atomic E-state index is 0.0178. The molecule has 0 radical (unpaired) electrons. The van der Waals surface area contributed by atoms with E-state index in [-0.39, 0.29) is 29.5 Å². The van der Waals surface area contributed by atoms with E-state index in [9.17, 15) is 26.7 Å². The van der Waals surface area contributed by atoms with Crippen molar-refractivity contribution in [3.63, 3.8) is 0 Å². The van der Waals surface area contributed by atoms with Crippen molar-refractivity contribution in [2.45, 2.75) is 25.9 Å². The van der Waals surface area contributed by atoms with E-state index in [0.717, 1.165) is 17.7 Å². The average Bonchev–Trinajstić information content (AvgIpc) is 3.17. The number of aromatic nitrogens is 4. The predicted octanol–water partition coefficient (Wildman–Crippen LogP) is 4.62. The zero-order valence-electron chi connectivity index (χ0n) is 19.1. The zero-order valence-corrected chi connectivity index (χ0v) is 20.0. The van der Waals surface area contributed by atoms with Crippen LogP contribution in [0.4, 0.5) is 38.5 Å². The minimum Gasteiger partial charge on any atom is -0.478 e. The molecule has 0 atom stereocenters. The van der Waals surface area contributed by atoms with E-state index >= 15 is 0 Å². The summed E-state index contributed by atoms with van der Waals surface area (Å²) >= 11 is 0.946. The molecular weight excluding hydrogens is 509 g/mol. The zero-order chi connectivity index (χ0) is 26.3. The Morgan fingerprint density at radius 1 is 1.17 bits per heavy atom. The first kappa shape index (κ1) is 27.1. The topological polar surface area (TPSA) is 105 Å². The molecule has 0 fully saturated rings. The first-order chi connectivity index (χ1) is 17.0. The summed E-state index contributed by atoms with van der Waals surface area (Å²) in [5, 5.41) is 5.72. The Kier molecular flexibility index (Phi) is 9.03. The standard InChI is InChI=1S/C21H22F5N7O2S/c1-12-18(20(36-32-12)31-16-10-27-14(9-28-16)21(24,25)26)19(34)30-13-4-5-17(29-8-13)35-7-3-6-33(2)11-15(22)23/h4-5,8-10,15H,3,6-7,11H2,1-2H3,(H,28,31)(H,30,34). The second-order valence-corrected chi connectivity index (χ2v) is 8.35. The number of halogens is 5. The Morgan fingerprint density at radius 3 is 2.56 bits per heavy atom. The number of nitrogens with one attached hydrogen (secondary N) is 2. The fraction of sp³-hybridized carbons (Fsp3) is 0.381. The SMILES string of the molecule is Cc1nsc(Nc2cnc(C(F)(F)F)cn2)c1C(=O)Nc1ccc(OCCCN(C)CC(F)F)nc1. The highest BCUT2D eigenvalue weighted by molar-refractivity contribution is 7.10. The number of carbonyl (C=O) groups excluding carboxylic acids is 1. The van der Waals surface area contributed by atoms with E-state index in [0.29, 0.717) is 36.4 Å². The molecular formula is C21H22F5N7O2S. The molecule has 2 N–H and O–H groups in total. The lowest BCUT2D eigenvalue weighted by Gasteiger charge is -2.15. The quantitative estimate of drug-likeness (QED) is 0.273. The number of hydrogen-bond donors (Lipinski definition) is 2. The molecule has 1 amide bonds. The molecule has 0 bridgehead atoms. The summed E-state index contributed by atoms with van der Waals surface area (Å²) in [6, 6.07) is 3.13. The summed E-state index contributed by atoms with van der Waals surface area (Å²) in [7, 11) is 1.60. The van der Waals surface area contributed by atoms with E-state index in [2.05, 4.69) is 30.0 Å². The Balaban J connectivity index is 1.56. The summed E-state index contributed by atoms with van der Waals surface area (Å²) in [6.07, 6.45) is -3.57. The minimum atomic E-state index is -4.61. The summed E-state index contributed by atoms with van der Waals surface area (Å²) in [5.41, 5.74) is -0.167. The molecule has 0 aromatic carbocycles. The molecule has 3 aromatic heterocycles. The van der Waals surface area contributed by atoms with Crippen molar-refractivity contribution in [1.29, 1.82) is 0 Å². The van der Waals surface area contributed by atoms with Crippen LogP contribution in [0.2, 0.25) is 0 Å². The maximum atomic E-state index is 12.8. The van der Waals surface area contributed by atoms with Gasteiger partial charge in [-0.25, -0.2) is 23.7 Å². The largest absolute Gasteiger partial charge is 0.478 e. The molecule has 36 heavy (non-hydrogen) atoms. The van der Waals surface area contributed by atoms with Crippen molar-refractivity contribution >= 4 is 33.9 Å². The lowest BCUT2D eigenvalue weighted by molar-refractivity contribution is -0.141. The molecule has 0 spiro atoms. The number of ether oxygens (including phenoxy) is 1. The summed E-state index contributed by atoms with van der Waals surface area (Å²) < 4.78 is 72.3. The lowest BCUT2D eigenvalue weighted by atomic mass is 10.2. The van der Waals surface area contributed by atoms with Crippen LogP contribution in [-0.2, 0) is 6.18 Å². The van der Waals surface area contributed by atoms with Crippen molar-refractivity contribution in [1.82, 2.24) is 24.2 Å². The van der Waals surface area contributed by atoms with Gasteiger partial charge in [0.2, 0.25) is 5.88 Å². The van der Waals surface area contributed by atoms with E-state index in [1.165, 1.54) is 11.1 Å². The fourth-order valence-electron chi connectivity index (χ4n) is 2.95. The van der Waals surface area contributed by atoms with Gasteiger partial charge in [0, 0.05) is 12.6 Å². The van der Waals surface area contributed by atoms with Crippen LogP contribution in [0.15, 0.2) is 30.7 Å². The van der Waals surface area contributed by atoms with Crippen molar-refractivity contribution < 1.29 is 31.5 Å². The van der Waals surface area contributed by atoms with Crippen LogP contribution >= 0.6 is 11.5 Å². The molecule has 9 nitrogen and oxygen atoms in total. The molecule has 194 valence electrons. The first-order valence-electron chi connectivity index (χ1n) is 10.5. The number of hydrogen-bond acceptors (Lipinski definition) is 9. The van der Waals surface area contributed by atoms with Gasteiger partial charge < -0.3 is 20.3 Å². The van der Waals surface area contributed by atoms with E-state index in [1.807, 2.05) is 0 Å². The number of rotatable bonds is 11. The highest BCUT2D eigenvalue weighted by atomic mass is 32.1. The second-order valence-electron chi connectivity index (χ2n) is 7.58. The van der Waals surface area contributed by atoms with Crippen molar-refractivity contribution in [2.75, 3.05) is 37.4 Å². The number of anilines is 3. The highest BCUT2D eigenvalue weighted by Crippen LogP contribution is 2.30. The van der Waals surface area contributed by atoms with Gasteiger partial charge in [0.25, 0.3) is 12.3 Å². The Morgan fingerprint density at radius 2 is 1.94 bits per heavy atom. The molecule has 3 aromatic rings. The predicted molar refractivity (Wildman–Crippen MR) is 123 cm³/mol. The summed E-state index contributed by atoms with van der Waals surface area (Å²) in [6.45, 7) is 2.04. The van der Waals surface area contributed by atoms with Gasteiger partial charge in [-0.1, -0.05) is 0 Å². The van der Waals surface area contributed by atoms with Gasteiger partial charge >= 0.3 is 6.18 Å². The van der Waals surface area contributed by atoms with Gasteiger partial charge in [-0.2, -0.15) is 17.5 Å². The number of carbonyl (C=O) groups is 1. The molecule has 0 aliphatic heterocycles. The molecule has 0 unspecified atom stereocenters. The first-order valence-corrected chi connectivity index (χ1v) is 11.3. The van der Waals surface area contributed by atoms with Gasteiger partial charge in [-0.05, 0) is 38.0 Å². The van der Waals surface area contributed by atoms with Crippen LogP contribution in [0.5, 0.6) is 5.88 Å². The summed E-state index contributed by atoms with van der Waals surface area (Å²) in [4.78, 5) is 25.5. The van der Waals surface area contributed by atoms with Crippen LogP contribution in [0.1, 0.15) is 28.2 Å². The second kappa shape index (κ2) is 12.0. The third-order valence-electron chi connectivity index (χ3n) is 4.65. The number of amides is 1. The number of pyridine rings is 1. The van der Waals surface area contributed by atoms with Crippen molar-refractivity contribution in [2.24, 2.45) is 0 Å². The molecule has 0 saturated heterocycles. The molecule has 3 heterocycles. The van der Waals surface area contributed by atoms with Gasteiger partial charge in [0.05, 0.1) is 48.7 Å². The van der Waals surface area contributed by atoms with Crippen LogP contribution in [-0.4, -0.2) is 63.3 Å². The molecule has 0 aliphatic rings. The maximum absolute atomic E-state index is 12.8. The Labute approximate surface area is 206 Å². The Bertz CT molecular complexity index is 1140. The van der Waals surface area contributed by atoms with E-state index in [1.54, 1.807) is 26.1 Å². The smallest absolute Gasteiger partial charge is 0.434 e. The molecule has 0 saturated carbocycles. The van der Waals surface area contributed by atoms with E-state index < -0.39 is 24.2 Å². The number of alkyl halides is 5. The number of aryl methyl sites for hydroxylation is 1. The Hall–Kier alpha value is -3.46. The van der Waals surface area contributed by atoms with Crippen molar-refractivity contribution in [3.05, 3.63) is 47.7 Å². The van der Waals surface area contributed by atoms with E-state index in [4.69, 9.17) is 4.74 Å². The maximum Gasteiger partial charge on any atom is 0.434 e. The normalized spacial score (nSPS) is 11.7. The molecule has 3 rings (SSSR count). The highest BCUT2D eigenvalue weighted by Gasteiger charge is 2.32.